The van der Waals surface area contributed by atoms with Gasteiger partial charge in [-0.3, -0.25) is 9.59 Å². The van der Waals surface area contributed by atoms with E-state index in [4.69, 9.17) is 10.2 Å². The largest absolute Gasteiger partial charge is 0.441 e. The maximum atomic E-state index is 12.5. The lowest BCUT2D eigenvalue weighted by Gasteiger charge is -2.29. The number of nitrogens with zero attached hydrogens (tertiary/aromatic N) is 2. The Morgan fingerprint density at radius 2 is 1.95 bits per heavy atom. The SMILES string of the molecule is CNC1CCCCCN(CC(=O)Nc2cccc(CN)c2)C1=O.Cc1oc(-c2ccccc2)nc1CC=O. The van der Waals surface area contributed by atoms with E-state index in [2.05, 4.69) is 15.6 Å². The fraction of sp³-hybridized carbons (Fsp3) is 0.379. The number of aldehydes is 1. The third-order valence-electron chi connectivity index (χ3n) is 6.35. The fourth-order valence-corrected chi connectivity index (χ4v) is 4.26. The van der Waals surface area contributed by atoms with Crippen molar-refractivity contribution in [2.24, 2.45) is 5.73 Å². The Kier molecular flexibility index (Phi) is 11.2. The van der Waals surface area contributed by atoms with E-state index in [-0.39, 0.29) is 24.4 Å². The van der Waals surface area contributed by atoms with Crippen LogP contribution >= 0.6 is 0 Å². The van der Waals surface area contributed by atoms with Crippen molar-refractivity contribution in [3.8, 4) is 11.5 Å². The van der Waals surface area contributed by atoms with Crippen LogP contribution in [-0.4, -0.2) is 54.2 Å². The van der Waals surface area contributed by atoms with Crippen LogP contribution in [0.4, 0.5) is 5.69 Å². The lowest BCUT2D eigenvalue weighted by atomic mass is 10.0. The molecule has 1 atom stereocenters. The number of likely N-dealkylation sites (tertiary alicyclic amines) is 1. The molecule has 1 aliphatic rings. The molecule has 4 rings (SSSR count). The second kappa shape index (κ2) is 14.8. The number of carbonyl (C=O) groups is 3. The summed E-state index contributed by atoms with van der Waals surface area (Å²) in [5.74, 6) is 1.12. The molecule has 3 aromatic rings. The minimum Gasteiger partial charge on any atom is -0.441 e. The number of amides is 2. The minimum atomic E-state index is -0.191. The molecule has 1 aliphatic heterocycles. The first-order valence-corrected chi connectivity index (χ1v) is 13.0. The summed E-state index contributed by atoms with van der Waals surface area (Å²) in [4.78, 5) is 41.1. The van der Waals surface area contributed by atoms with E-state index < -0.39 is 0 Å². The second-order valence-corrected chi connectivity index (χ2v) is 9.16. The van der Waals surface area contributed by atoms with Crippen LogP contribution in [0.5, 0.6) is 0 Å². The number of likely N-dealkylation sites (N-methyl/N-ethyl adjacent to an activating group) is 1. The van der Waals surface area contributed by atoms with Crippen molar-refractivity contribution in [1.82, 2.24) is 15.2 Å². The monoisotopic (exact) mass is 519 g/mol. The number of hydrogen-bond donors (Lipinski definition) is 3. The molecule has 4 N–H and O–H groups in total. The lowest BCUT2D eigenvalue weighted by molar-refractivity contribution is -0.137. The van der Waals surface area contributed by atoms with Gasteiger partial charge in [-0.2, -0.15) is 0 Å². The fourth-order valence-electron chi connectivity index (χ4n) is 4.26. The Bertz CT molecular complexity index is 1190. The Labute approximate surface area is 223 Å². The minimum absolute atomic E-state index is 0.0121. The molecule has 1 fully saturated rings. The molecule has 0 radical (unpaired) electrons. The van der Waals surface area contributed by atoms with Gasteiger partial charge in [0.15, 0.2) is 0 Å². The molecule has 1 aromatic heterocycles. The van der Waals surface area contributed by atoms with Crippen molar-refractivity contribution in [2.45, 2.75) is 51.6 Å². The molecule has 2 amide bonds. The van der Waals surface area contributed by atoms with Gasteiger partial charge in [0, 0.05) is 30.8 Å². The van der Waals surface area contributed by atoms with Gasteiger partial charge in [0.1, 0.15) is 12.0 Å². The highest BCUT2D eigenvalue weighted by Crippen LogP contribution is 2.21. The Morgan fingerprint density at radius 1 is 1.16 bits per heavy atom. The highest BCUT2D eigenvalue weighted by Gasteiger charge is 2.26. The number of oxazole rings is 1. The number of anilines is 1. The third kappa shape index (κ3) is 8.36. The molecular formula is C29H37N5O4. The van der Waals surface area contributed by atoms with Crippen LogP contribution in [0, 0.1) is 6.92 Å². The lowest BCUT2D eigenvalue weighted by Crippen LogP contribution is -2.49. The van der Waals surface area contributed by atoms with Crippen molar-refractivity contribution < 1.29 is 18.8 Å². The highest BCUT2D eigenvalue weighted by atomic mass is 16.4. The van der Waals surface area contributed by atoms with Crippen molar-refractivity contribution in [3.63, 3.8) is 0 Å². The molecule has 1 saturated heterocycles. The van der Waals surface area contributed by atoms with Crippen LogP contribution in [0.25, 0.3) is 11.5 Å². The molecule has 9 heteroatoms. The first kappa shape index (κ1) is 28.7. The van der Waals surface area contributed by atoms with E-state index in [9.17, 15) is 14.4 Å². The van der Waals surface area contributed by atoms with Gasteiger partial charge < -0.3 is 30.5 Å². The highest BCUT2D eigenvalue weighted by molar-refractivity contribution is 5.95. The summed E-state index contributed by atoms with van der Waals surface area (Å²) in [7, 11) is 1.79. The van der Waals surface area contributed by atoms with Crippen LogP contribution in [0.15, 0.2) is 59.0 Å². The number of rotatable bonds is 8. The summed E-state index contributed by atoms with van der Waals surface area (Å²) in [5.41, 5.74) is 8.92. The van der Waals surface area contributed by atoms with Crippen molar-refractivity contribution >= 4 is 23.8 Å². The van der Waals surface area contributed by atoms with Crippen LogP contribution in [0.1, 0.15) is 42.7 Å². The van der Waals surface area contributed by atoms with E-state index in [1.807, 2.05) is 61.5 Å². The van der Waals surface area contributed by atoms with E-state index in [0.717, 1.165) is 43.1 Å². The smallest absolute Gasteiger partial charge is 0.243 e. The summed E-state index contributed by atoms with van der Waals surface area (Å²) >= 11 is 0. The molecule has 0 saturated carbocycles. The van der Waals surface area contributed by atoms with Crippen molar-refractivity contribution in [3.05, 3.63) is 71.6 Å². The summed E-state index contributed by atoms with van der Waals surface area (Å²) in [5, 5.41) is 5.90. The standard InChI is InChI=1S/C17H26N4O2.C12H11NO2/c1-19-15-8-3-2-4-9-21(17(15)23)12-16(22)20-14-7-5-6-13(10-14)11-18;1-9-11(7-8-14)13-12(15-9)10-5-3-2-4-6-10/h5-7,10,15,19H,2-4,8-9,11-12,18H2,1H3,(H,20,22);2-6,8H,7H2,1H3. The predicted molar refractivity (Wildman–Crippen MR) is 147 cm³/mol. The van der Waals surface area contributed by atoms with E-state index >= 15 is 0 Å². The van der Waals surface area contributed by atoms with E-state index in [1.54, 1.807) is 11.9 Å². The quantitative estimate of drug-likeness (QED) is 0.389. The Hall–Kier alpha value is -3.82. The molecule has 2 aromatic carbocycles. The predicted octanol–water partition coefficient (Wildman–Crippen LogP) is 3.47. The summed E-state index contributed by atoms with van der Waals surface area (Å²) < 4.78 is 5.48. The summed E-state index contributed by atoms with van der Waals surface area (Å²) in [6.45, 7) is 2.97. The van der Waals surface area contributed by atoms with Crippen molar-refractivity contribution in [2.75, 3.05) is 25.5 Å². The van der Waals surface area contributed by atoms with Gasteiger partial charge in [0.05, 0.1) is 18.3 Å². The van der Waals surface area contributed by atoms with Crippen LogP contribution in [0.2, 0.25) is 0 Å². The maximum absolute atomic E-state index is 12.5. The zero-order chi connectivity index (χ0) is 27.3. The van der Waals surface area contributed by atoms with Gasteiger partial charge in [0.25, 0.3) is 0 Å². The Morgan fingerprint density at radius 3 is 2.66 bits per heavy atom. The molecule has 0 spiro atoms. The number of benzene rings is 2. The number of nitrogens with one attached hydrogen (secondary N) is 2. The third-order valence-corrected chi connectivity index (χ3v) is 6.35. The van der Waals surface area contributed by atoms with Crippen LogP contribution < -0.4 is 16.4 Å². The molecule has 1 unspecified atom stereocenters. The van der Waals surface area contributed by atoms with Gasteiger partial charge in [-0.15, -0.1) is 0 Å². The second-order valence-electron chi connectivity index (χ2n) is 9.16. The average molecular weight is 520 g/mol. The van der Waals surface area contributed by atoms with Crippen molar-refractivity contribution in [1.29, 1.82) is 0 Å². The van der Waals surface area contributed by atoms with E-state index in [1.165, 1.54) is 0 Å². The van der Waals surface area contributed by atoms with E-state index in [0.29, 0.717) is 42.5 Å². The number of hydrogen-bond acceptors (Lipinski definition) is 7. The van der Waals surface area contributed by atoms with Crippen LogP contribution in [-0.2, 0) is 27.3 Å². The average Bonchev–Trinajstić information content (AvgIpc) is 3.30. The van der Waals surface area contributed by atoms with Gasteiger partial charge >= 0.3 is 0 Å². The molecule has 0 aliphatic carbocycles. The Balaban J connectivity index is 0.000000230. The number of aryl methyl sites for hydroxylation is 1. The first-order valence-electron chi connectivity index (χ1n) is 13.0. The van der Waals surface area contributed by atoms with Gasteiger partial charge in [-0.25, -0.2) is 4.98 Å². The molecule has 38 heavy (non-hydrogen) atoms. The summed E-state index contributed by atoms with van der Waals surface area (Å²) in [6, 6.07) is 16.9. The van der Waals surface area contributed by atoms with Gasteiger partial charge in [0.2, 0.25) is 17.7 Å². The van der Waals surface area contributed by atoms with Gasteiger partial charge in [-0.05, 0) is 56.6 Å². The molecular weight excluding hydrogens is 482 g/mol. The zero-order valence-corrected chi connectivity index (χ0v) is 22.1. The first-order chi connectivity index (χ1) is 18.4. The maximum Gasteiger partial charge on any atom is 0.243 e. The normalized spacial score (nSPS) is 15.6. The number of carbonyl (C=O) groups excluding carboxylic acids is 3. The summed E-state index contributed by atoms with van der Waals surface area (Å²) in [6.07, 6.45) is 5.04. The van der Waals surface area contributed by atoms with Gasteiger partial charge in [-0.1, -0.05) is 43.2 Å². The topological polar surface area (TPSA) is 131 Å². The molecule has 2 heterocycles. The molecule has 0 bridgehead atoms. The molecule has 9 nitrogen and oxygen atoms in total. The van der Waals surface area contributed by atoms with Crippen LogP contribution in [0.3, 0.4) is 0 Å². The number of nitrogens with two attached hydrogens (primary N) is 1. The molecule has 202 valence electrons. The number of aromatic nitrogens is 1. The zero-order valence-electron chi connectivity index (χ0n) is 22.1.